The highest BCUT2D eigenvalue weighted by Gasteiger charge is 2.44. The molecule has 7 heterocycles. The van der Waals surface area contributed by atoms with Crippen LogP contribution in [0.3, 0.4) is 0 Å². The zero-order valence-electron chi connectivity index (χ0n) is 43.1. The molecule has 23 heteroatoms. The number of hydrogen-bond donors (Lipinski definition) is 2. The van der Waals surface area contributed by atoms with Crippen LogP contribution in [0.4, 0.5) is 11.6 Å². The van der Waals surface area contributed by atoms with Crippen LogP contribution in [-0.2, 0) is 40.6 Å². The molecule has 2 N–H and O–H groups in total. The number of anilines is 2. The fourth-order valence-corrected chi connectivity index (χ4v) is 13.9. The van der Waals surface area contributed by atoms with Crippen molar-refractivity contribution >= 4 is 65.0 Å². The minimum Gasteiger partial charge on any atom is -0.477 e. The Morgan fingerprint density at radius 3 is 1.91 bits per heavy atom. The average molecular weight is 1040 g/mol. The number of rotatable bonds is 17. The molecular weight excluding hydrogens is 965 g/mol. The average Bonchev–Trinajstić information content (AvgIpc) is 4.06. The zero-order valence-corrected chi connectivity index (χ0v) is 46.7. The number of ether oxygens (including phenoxy) is 1. The molecule has 2 amide bonds. The van der Waals surface area contributed by atoms with E-state index in [4.69, 9.17) is 14.7 Å². The van der Waals surface area contributed by atoms with Gasteiger partial charge in [-0.1, -0.05) is 53.1 Å². The largest absolute Gasteiger partial charge is 0.477 e. The first-order valence-electron chi connectivity index (χ1n) is 23.8. The number of nitrogens with zero attached hydrogens (tertiary/aromatic N) is 10. The molecule has 7 rings (SSSR count). The molecule has 0 bridgehead atoms. The van der Waals surface area contributed by atoms with Gasteiger partial charge in [-0.15, -0.1) is 5.10 Å². The van der Waals surface area contributed by atoms with E-state index in [1.54, 1.807) is 50.1 Å². The van der Waals surface area contributed by atoms with Crippen molar-refractivity contribution in [2.75, 3.05) is 29.5 Å². The summed E-state index contributed by atoms with van der Waals surface area (Å²) < 4.78 is 71.0. The lowest BCUT2D eigenvalue weighted by atomic mass is 9.89. The van der Waals surface area contributed by atoms with Gasteiger partial charge in [-0.05, 0) is 95.5 Å². The fraction of sp³-hybridized carbons (Fsp3) is 0.553. The second-order valence-electron chi connectivity index (χ2n) is 22.5. The van der Waals surface area contributed by atoms with Crippen molar-refractivity contribution in [2.45, 2.75) is 133 Å². The van der Waals surface area contributed by atoms with Gasteiger partial charge in [0, 0.05) is 76.3 Å². The summed E-state index contributed by atoms with van der Waals surface area (Å²) in [7, 11) is -8.87. The molecule has 2 aliphatic heterocycles. The van der Waals surface area contributed by atoms with Gasteiger partial charge < -0.3 is 14.5 Å². The Hall–Kier alpha value is -5.40. The van der Waals surface area contributed by atoms with Crippen molar-refractivity contribution in [1.82, 2.24) is 48.8 Å². The van der Waals surface area contributed by atoms with E-state index in [1.807, 2.05) is 17.9 Å². The fourth-order valence-electron chi connectivity index (χ4n) is 9.77. The Balaban J connectivity index is 1.20. The number of aryl methyl sites for hydroxylation is 4. The van der Waals surface area contributed by atoms with Gasteiger partial charge in [0.15, 0.2) is 5.82 Å². The van der Waals surface area contributed by atoms with Crippen LogP contribution in [0.25, 0.3) is 5.82 Å². The Morgan fingerprint density at radius 1 is 0.757 bits per heavy atom. The highest BCUT2D eigenvalue weighted by molar-refractivity contribution is 7.90. The van der Waals surface area contributed by atoms with Crippen LogP contribution in [0.15, 0.2) is 58.7 Å². The number of carbonyl (C=O) groups is 2. The van der Waals surface area contributed by atoms with Crippen molar-refractivity contribution in [3.8, 4) is 11.7 Å². The Morgan fingerprint density at radius 2 is 1.33 bits per heavy atom. The first-order valence-corrected chi connectivity index (χ1v) is 34.0. The van der Waals surface area contributed by atoms with Crippen LogP contribution < -0.4 is 29.3 Å². The summed E-state index contributed by atoms with van der Waals surface area (Å²) in [4.78, 5) is 42.4. The van der Waals surface area contributed by atoms with Crippen LogP contribution in [0.1, 0.15) is 86.0 Å². The summed E-state index contributed by atoms with van der Waals surface area (Å²) in [6.45, 7) is 27.0. The number of amides is 2. The van der Waals surface area contributed by atoms with Crippen molar-refractivity contribution in [3.63, 3.8) is 0 Å². The van der Waals surface area contributed by atoms with Crippen LogP contribution in [0.5, 0.6) is 5.88 Å². The molecule has 0 aliphatic carbocycles. The summed E-state index contributed by atoms with van der Waals surface area (Å²) in [6.07, 6.45) is 6.46. The summed E-state index contributed by atoms with van der Waals surface area (Å²) in [5.74, 6) is 0.238. The molecule has 70 heavy (non-hydrogen) atoms. The monoisotopic (exact) mass is 1030 g/mol. The molecule has 5 aromatic rings. The quantitative estimate of drug-likeness (QED) is 0.105. The third kappa shape index (κ3) is 11.4. The van der Waals surface area contributed by atoms with Crippen molar-refractivity contribution in [3.05, 3.63) is 71.4 Å². The molecule has 2 fully saturated rings. The molecule has 0 aromatic carbocycles. The molecule has 3 atom stereocenters. The van der Waals surface area contributed by atoms with E-state index >= 15 is 0 Å². The minimum atomic E-state index is -4.47. The van der Waals surface area contributed by atoms with Crippen LogP contribution in [0.2, 0.25) is 45.3 Å². The summed E-state index contributed by atoms with van der Waals surface area (Å²) in [5, 5.41) is 14.3. The second kappa shape index (κ2) is 19.0. The molecular formula is C47H70N12O7S2Si2. The Kier molecular flexibility index (Phi) is 14.2. The van der Waals surface area contributed by atoms with E-state index in [1.165, 1.54) is 27.8 Å². The summed E-state index contributed by atoms with van der Waals surface area (Å²) in [5.41, 5.74) is -0.391. The SMILES string of the molecule is Cc1nn(C)cc1S(=O)(=O)NC(=O)c1ccc(-n2ccc(OCC[Si](C)(C)C)n2)nc1N1C[C@@H](C)CC1(C)CCc1nn(C)cc1S(=O)(=O)NC(=O)c1ccc([Si](C)(C)C)nc1N1C[C@@H](C)CC1(C)C. The van der Waals surface area contributed by atoms with Gasteiger partial charge in [0.25, 0.3) is 31.9 Å². The standard InChI is InChI=1S/C47H70N12O7S2Si2/c1-31-25-46(4,5)57(27-31)43-35(16-18-41(49-43)70(12,13)14)45(61)54-68(64,65)38-30-56(8)51-36(38)19-21-47(6)26-32(2)28-58(47)42-34(44(60)53-67(62,63)37-29-55(7)50-33(37)3)15-17-39(48-42)59-22-20-40(52-59)66-23-24-69(9,10)11/h15-18,20,22,29-32H,19,21,23-28H2,1-14H3,(H,53,60)(H,54,61)/t31-,32-,47?/m0/s1. The maximum atomic E-state index is 14.4. The smallest absolute Gasteiger partial charge is 0.268 e. The van der Waals surface area contributed by atoms with Gasteiger partial charge in [0.05, 0.1) is 29.1 Å². The lowest BCUT2D eigenvalue weighted by Gasteiger charge is -2.37. The van der Waals surface area contributed by atoms with Crippen molar-refractivity contribution < 1.29 is 31.2 Å². The van der Waals surface area contributed by atoms with Gasteiger partial charge in [-0.3, -0.25) is 19.0 Å². The zero-order chi connectivity index (χ0) is 51.5. The van der Waals surface area contributed by atoms with Gasteiger partial charge in [0.2, 0.25) is 5.88 Å². The first-order chi connectivity index (χ1) is 32.4. The Bertz CT molecular complexity index is 3030. The van der Waals surface area contributed by atoms with Crippen molar-refractivity contribution in [2.24, 2.45) is 25.9 Å². The number of carbonyl (C=O) groups excluding carboxylic acids is 2. The third-order valence-corrected chi connectivity index (χ3v) is 19.5. The van der Waals surface area contributed by atoms with Gasteiger partial charge in [-0.25, -0.2) is 40.9 Å². The third-order valence-electron chi connectivity index (χ3n) is 13.2. The molecule has 19 nitrogen and oxygen atoms in total. The lowest BCUT2D eigenvalue weighted by Crippen LogP contribution is -2.45. The highest BCUT2D eigenvalue weighted by atomic mass is 32.2. The number of sulfonamides is 2. The maximum Gasteiger partial charge on any atom is 0.268 e. The predicted molar refractivity (Wildman–Crippen MR) is 276 cm³/mol. The van der Waals surface area contributed by atoms with E-state index < -0.39 is 53.5 Å². The van der Waals surface area contributed by atoms with Crippen molar-refractivity contribution in [1.29, 1.82) is 0 Å². The number of hydrogen-bond acceptors (Lipinski definition) is 14. The molecule has 2 saturated heterocycles. The molecule has 1 unspecified atom stereocenters. The summed E-state index contributed by atoms with van der Waals surface area (Å²) >= 11 is 0. The van der Waals surface area contributed by atoms with E-state index in [0.29, 0.717) is 56.0 Å². The van der Waals surface area contributed by atoms with Crippen LogP contribution in [-0.4, -0.2) is 115 Å². The van der Waals surface area contributed by atoms with Crippen LogP contribution >= 0.6 is 0 Å². The van der Waals surface area contributed by atoms with E-state index in [0.717, 1.165) is 17.8 Å². The van der Waals surface area contributed by atoms with Crippen LogP contribution in [0, 0.1) is 18.8 Å². The molecule has 5 aromatic heterocycles. The van der Waals surface area contributed by atoms with Gasteiger partial charge in [0.1, 0.15) is 29.5 Å². The molecule has 380 valence electrons. The number of nitrogens with one attached hydrogen (secondary N) is 2. The first kappa shape index (κ1) is 52.4. The number of aromatic nitrogens is 8. The lowest BCUT2D eigenvalue weighted by molar-refractivity contribution is 0.0972. The van der Waals surface area contributed by atoms with E-state index in [9.17, 15) is 26.4 Å². The van der Waals surface area contributed by atoms with E-state index in [2.05, 4.69) is 96.6 Å². The number of pyridine rings is 2. The molecule has 0 radical (unpaired) electrons. The molecule has 0 saturated carbocycles. The predicted octanol–water partition coefficient (Wildman–Crippen LogP) is 5.80. The topological polar surface area (TPSA) is 221 Å². The van der Waals surface area contributed by atoms with Gasteiger partial charge >= 0.3 is 0 Å². The Labute approximate surface area is 414 Å². The summed E-state index contributed by atoms with van der Waals surface area (Å²) in [6, 6.07) is 9.36. The highest BCUT2D eigenvalue weighted by Crippen LogP contribution is 2.42. The van der Waals surface area contributed by atoms with E-state index in [-0.39, 0.29) is 56.0 Å². The van der Waals surface area contributed by atoms with Gasteiger partial charge in [-0.2, -0.15) is 10.2 Å². The normalized spacial score (nSPS) is 19.7. The minimum absolute atomic E-state index is 0.00952. The second-order valence-corrected chi connectivity index (χ2v) is 36.4. The molecule has 0 spiro atoms. The molecule has 2 aliphatic rings. The maximum absolute atomic E-state index is 14.4.